The topological polar surface area (TPSA) is 23.5 Å². The number of benzene rings is 1. The molecule has 2 nitrogen and oxygen atoms in total. The lowest BCUT2D eigenvalue weighted by Crippen LogP contribution is -2.37. The Morgan fingerprint density at radius 2 is 1.94 bits per heavy atom. The monoisotopic (exact) mass is 313 g/mol. The van der Waals surface area contributed by atoms with Crippen LogP contribution >= 0.6 is 15.9 Å². The molecular formula is C15H24BrNO. The van der Waals surface area contributed by atoms with Gasteiger partial charge in [-0.05, 0) is 37.6 Å². The van der Waals surface area contributed by atoms with Crippen LogP contribution in [0.3, 0.4) is 0 Å². The second-order valence-electron chi connectivity index (χ2n) is 5.17. The minimum atomic E-state index is 0.0424. The maximum absolute atomic E-state index is 9.60. The SMILES string of the molecule is CCC(CC)(CO)CN(C)Cc1cccc(Br)c1. The van der Waals surface area contributed by atoms with Crippen molar-refractivity contribution in [3.05, 3.63) is 34.3 Å². The Morgan fingerprint density at radius 3 is 2.44 bits per heavy atom. The van der Waals surface area contributed by atoms with Crippen molar-refractivity contribution in [3.8, 4) is 0 Å². The zero-order valence-corrected chi connectivity index (χ0v) is 13.2. The van der Waals surface area contributed by atoms with Crippen molar-refractivity contribution in [2.45, 2.75) is 33.2 Å². The predicted molar refractivity (Wildman–Crippen MR) is 80.6 cm³/mol. The highest BCUT2D eigenvalue weighted by molar-refractivity contribution is 9.10. The van der Waals surface area contributed by atoms with Crippen LogP contribution in [0.1, 0.15) is 32.3 Å². The van der Waals surface area contributed by atoms with Crippen LogP contribution in [0.5, 0.6) is 0 Å². The molecular weight excluding hydrogens is 290 g/mol. The van der Waals surface area contributed by atoms with Crippen LogP contribution in [0.25, 0.3) is 0 Å². The van der Waals surface area contributed by atoms with E-state index in [1.165, 1.54) is 5.56 Å². The first kappa shape index (κ1) is 15.7. The average Bonchev–Trinajstić information content (AvgIpc) is 2.36. The molecule has 0 aliphatic heterocycles. The van der Waals surface area contributed by atoms with E-state index in [0.717, 1.165) is 30.4 Å². The molecule has 0 aliphatic rings. The van der Waals surface area contributed by atoms with Crippen molar-refractivity contribution in [2.24, 2.45) is 5.41 Å². The molecule has 102 valence electrons. The van der Waals surface area contributed by atoms with Gasteiger partial charge in [-0.15, -0.1) is 0 Å². The predicted octanol–water partition coefficient (Wildman–Crippen LogP) is 3.68. The number of aliphatic hydroxyl groups is 1. The van der Waals surface area contributed by atoms with Gasteiger partial charge >= 0.3 is 0 Å². The van der Waals surface area contributed by atoms with E-state index in [-0.39, 0.29) is 12.0 Å². The molecule has 18 heavy (non-hydrogen) atoms. The summed E-state index contributed by atoms with van der Waals surface area (Å²) in [6, 6.07) is 8.39. The lowest BCUT2D eigenvalue weighted by molar-refractivity contribution is 0.0731. The number of hydrogen-bond donors (Lipinski definition) is 1. The summed E-state index contributed by atoms with van der Waals surface area (Å²) in [5.41, 5.74) is 1.34. The second kappa shape index (κ2) is 7.27. The van der Waals surface area contributed by atoms with E-state index in [0.29, 0.717) is 0 Å². The lowest BCUT2D eigenvalue weighted by Gasteiger charge is -2.34. The van der Waals surface area contributed by atoms with Gasteiger partial charge < -0.3 is 10.0 Å². The van der Waals surface area contributed by atoms with Crippen LogP contribution < -0.4 is 0 Å². The van der Waals surface area contributed by atoms with Gasteiger partial charge in [0.15, 0.2) is 0 Å². The summed E-state index contributed by atoms with van der Waals surface area (Å²) in [7, 11) is 2.12. The van der Waals surface area contributed by atoms with E-state index in [9.17, 15) is 5.11 Å². The first-order valence-corrected chi connectivity index (χ1v) is 7.38. The molecule has 1 N–H and O–H groups in total. The molecule has 0 aliphatic carbocycles. The average molecular weight is 314 g/mol. The van der Waals surface area contributed by atoms with Gasteiger partial charge in [0.05, 0.1) is 0 Å². The first-order chi connectivity index (χ1) is 8.55. The zero-order valence-electron chi connectivity index (χ0n) is 11.6. The van der Waals surface area contributed by atoms with Gasteiger partial charge in [0.25, 0.3) is 0 Å². The maximum Gasteiger partial charge on any atom is 0.0499 e. The number of nitrogens with zero attached hydrogens (tertiary/aromatic N) is 1. The Labute approximate surface area is 119 Å². The Bertz CT molecular complexity index is 355. The molecule has 0 aromatic heterocycles. The summed E-state index contributed by atoms with van der Waals surface area (Å²) < 4.78 is 1.12. The number of hydrogen-bond acceptors (Lipinski definition) is 2. The van der Waals surface area contributed by atoms with E-state index in [2.05, 4.69) is 59.9 Å². The van der Waals surface area contributed by atoms with Crippen molar-refractivity contribution in [3.63, 3.8) is 0 Å². The molecule has 0 unspecified atom stereocenters. The summed E-state index contributed by atoms with van der Waals surface area (Å²) in [6.07, 6.45) is 2.03. The van der Waals surface area contributed by atoms with E-state index in [1.807, 2.05) is 6.07 Å². The molecule has 0 heterocycles. The highest BCUT2D eigenvalue weighted by atomic mass is 79.9. The van der Waals surface area contributed by atoms with Crippen LogP contribution in [-0.4, -0.2) is 30.2 Å². The standard InChI is InChI=1S/C15H24BrNO/c1-4-15(5-2,12-18)11-17(3)10-13-7-6-8-14(16)9-13/h6-9,18H,4-5,10-12H2,1-3H3. The minimum Gasteiger partial charge on any atom is -0.396 e. The van der Waals surface area contributed by atoms with Gasteiger partial charge in [-0.2, -0.15) is 0 Å². The van der Waals surface area contributed by atoms with E-state index in [4.69, 9.17) is 0 Å². The van der Waals surface area contributed by atoms with Crippen LogP contribution in [-0.2, 0) is 6.54 Å². The Kier molecular flexibility index (Phi) is 6.33. The van der Waals surface area contributed by atoms with E-state index in [1.54, 1.807) is 0 Å². The highest BCUT2D eigenvalue weighted by Crippen LogP contribution is 2.27. The van der Waals surface area contributed by atoms with E-state index < -0.39 is 0 Å². The molecule has 3 heteroatoms. The summed E-state index contributed by atoms with van der Waals surface area (Å²) in [5.74, 6) is 0. The third kappa shape index (κ3) is 4.38. The number of rotatable bonds is 7. The molecule has 0 atom stereocenters. The van der Waals surface area contributed by atoms with Gasteiger partial charge in [0.2, 0.25) is 0 Å². The fraction of sp³-hybridized carbons (Fsp3) is 0.600. The molecule has 0 bridgehead atoms. The molecule has 1 aromatic carbocycles. The van der Waals surface area contributed by atoms with Gasteiger partial charge in [-0.25, -0.2) is 0 Å². The van der Waals surface area contributed by atoms with Crippen LogP contribution in [0.2, 0.25) is 0 Å². The maximum atomic E-state index is 9.60. The van der Waals surface area contributed by atoms with Crippen molar-refractivity contribution < 1.29 is 5.11 Å². The van der Waals surface area contributed by atoms with Crippen molar-refractivity contribution in [1.29, 1.82) is 0 Å². The molecule has 0 saturated carbocycles. The summed E-state index contributed by atoms with van der Waals surface area (Å²) >= 11 is 3.50. The number of aliphatic hydroxyl groups excluding tert-OH is 1. The number of halogens is 1. The molecule has 1 aromatic rings. The third-order valence-electron chi connectivity index (χ3n) is 3.78. The van der Waals surface area contributed by atoms with E-state index >= 15 is 0 Å². The van der Waals surface area contributed by atoms with Crippen LogP contribution in [0, 0.1) is 5.41 Å². The molecule has 0 radical (unpaired) electrons. The van der Waals surface area contributed by atoms with Crippen LogP contribution in [0.4, 0.5) is 0 Å². The Hall–Kier alpha value is -0.380. The highest BCUT2D eigenvalue weighted by Gasteiger charge is 2.26. The van der Waals surface area contributed by atoms with Crippen molar-refractivity contribution >= 4 is 15.9 Å². The molecule has 0 spiro atoms. The fourth-order valence-corrected chi connectivity index (χ4v) is 2.77. The van der Waals surface area contributed by atoms with Gasteiger partial charge in [-0.1, -0.05) is 41.9 Å². The minimum absolute atomic E-state index is 0.0424. The molecule has 0 fully saturated rings. The quantitative estimate of drug-likeness (QED) is 0.830. The zero-order chi connectivity index (χ0) is 13.6. The van der Waals surface area contributed by atoms with Crippen molar-refractivity contribution in [2.75, 3.05) is 20.2 Å². The molecule has 1 rings (SSSR count). The summed E-state index contributed by atoms with van der Waals surface area (Å²) in [6.45, 7) is 6.44. The fourth-order valence-electron chi connectivity index (χ4n) is 2.32. The van der Waals surface area contributed by atoms with Gasteiger partial charge in [-0.3, -0.25) is 0 Å². The largest absolute Gasteiger partial charge is 0.396 e. The summed E-state index contributed by atoms with van der Waals surface area (Å²) in [4.78, 5) is 2.30. The Balaban J connectivity index is 2.63. The second-order valence-corrected chi connectivity index (χ2v) is 6.08. The summed E-state index contributed by atoms with van der Waals surface area (Å²) in [5, 5.41) is 9.60. The Morgan fingerprint density at radius 1 is 1.28 bits per heavy atom. The van der Waals surface area contributed by atoms with Crippen LogP contribution in [0.15, 0.2) is 28.7 Å². The lowest BCUT2D eigenvalue weighted by atomic mass is 9.83. The van der Waals surface area contributed by atoms with Gasteiger partial charge in [0.1, 0.15) is 0 Å². The normalized spacial score (nSPS) is 12.1. The smallest absolute Gasteiger partial charge is 0.0499 e. The third-order valence-corrected chi connectivity index (χ3v) is 4.28. The van der Waals surface area contributed by atoms with Crippen molar-refractivity contribution in [1.82, 2.24) is 4.90 Å². The molecule has 0 amide bonds. The molecule has 0 saturated heterocycles. The first-order valence-electron chi connectivity index (χ1n) is 6.59. The van der Waals surface area contributed by atoms with Gasteiger partial charge in [0, 0.05) is 29.6 Å².